The quantitative estimate of drug-likeness (QED) is 0.0136. The van der Waals surface area contributed by atoms with Gasteiger partial charge in [0.25, 0.3) is 5.97 Å². The van der Waals surface area contributed by atoms with Gasteiger partial charge in [0.15, 0.2) is 0 Å². The Morgan fingerprint density at radius 2 is 1.29 bits per heavy atom. The van der Waals surface area contributed by atoms with Gasteiger partial charge in [0.1, 0.15) is 17.9 Å². The first-order valence-corrected chi connectivity index (χ1v) is 27.9. The molecule has 12 N–H and O–H groups in total. The number of hydrogen-bond acceptors (Lipinski definition) is 17. The summed E-state index contributed by atoms with van der Waals surface area (Å²) in [5.74, 6) is 3.28. The molecule has 0 fully saturated rings. The second kappa shape index (κ2) is 72.0. The molecule has 76 heavy (non-hydrogen) atoms. The minimum absolute atomic E-state index is 0.00309. The average Bonchev–Trinajstić information content (AvgIpc) is 3.36. The summed E-state index contributed by atoms with van der Waals surface area (Å²) in [4.78, 5) is 96.1. The molecule has 0 aromatic rings. The molecule has 0 heterocycles. The van der Waals surface area contributed by atoms with E-state index < -0.39 is 33.4 Å². The Bertz CT molecular complexity index is 1470. The minimum atomic E-state index is -0.866. The summed E-state index contributed by atoms with van der Waals surface area (Å²) in [5, 5.41) is 35.0. The van der Waals surface area contributed by atoms with Gasteiger partial charge in [-0.3, -0.25) is 33.6 Å². The van der Waals surface area contributed by atoms with Gasteiger partial charge >= 0.3 is 124 Å². The summed E-state index contributed by atoms with van der Waals surface area (Å²) in [5.41, 5.74) is 3.60. The fourth-order valence-electron chi connectivity index (χ4n) is 4.91. The number of amides is 4. The number of rotatable bonds is 41. The van der Waals surface area contributed by atoms with Crippen molar-refractivity contribution in [3.63, 3.8) is 0 Å². The van der Waals surface area contributed by atoms with E-state index in [0.717, 1.165) is 51.2 Å². The van der Waals surface area contributed by atoms with E-state index in [1.54, 1.807) is 7.05 Å². The van der Waals surface area contributed by atoms with Gasteiger partial charge in [-0.2, -0.15) is 0 Å². The van der Waals surface area contributed by atoms with Crippen LogP contribution in [0.2, 0.25) is 5.32 Å². The van der Waals surface area contributed by atoms with E-state index >= 15 is 0 Å². The first-order valence-electron chi connectivity index (χ1n) is 26.1. The number of aliphatic carboxylic acids is 2. The molecule has 448 valence electrons. The van der Waals surface area contributed by atoms with E-state index in [0.29, 0.717) is 102 Å². The predicted molar refractivity (Wildman–Crippen MR) is 298 cm³/mol. The summed E-state index contributed by atoms with van der Waals surface area (Å²) in [7, 11) is 1.70. The van der Waals surface area contributed by atoms with Crippen LogP contribution < -0.4 is 48.5 Å². The molecule has 2 unspecified atom stereocenters. The molecule has 4 amide bonds. The Labute approximate surface area is 461 Å². The Kier molecular flexibility index (Phi) is 80.5. The molecular formula is C51H102FN9O14Se. The van der Waals surface area contributed by atoms with Crippen molar-refractivity contribution in [2.45, 2.75) is 170 Å². The number of likely N-dealkylation sites (N-methyl/N-ethyl adjacent to an activating group) is 1. The van der Waals surface area contributed by atoms with E-state index in [9.17, 15) is 41.9 Å². The van der Waals surface area contributed by atoms with Gasteiger partial charge < -0.3 is 50.5 Å². The number of nitrogens with two attached hydrogens (primary N) is 1. The molecule has 0 bridgehead atoms. The molecule has 0 aromatic heterocycles. The van der Waals surface area contributed by atoms with Gasteiger partial charge in [-0.05, 0) is 46.6 Å². The Morgan fingerprint density at radius 1 is 0.697 bits per heavy atom. The summed E-state index contributed by atoms with van der Waals surface area (Å²) in [6.07, 6.45) is 12.2. The van der Waals surface area contributed by atoms with Gasteiger partial charge in [-0.1, -0.05) is 67.7 Å². The van der Waals surface area contributed by atoms with Gasteiger partial charge in [0.05, 0.1) is 45.9 Å². The van der Waals surface area contributed by atoms with Crippen LogP contribution >= 0.6 is 0 Å². The van der Waals surface area contributed by atoms with E-state index in [-0.39, 0.29) is 61.4 Å². The number of Topliss-reactive ketones (excluding diaryl/α,β-unsaturated/α-hetero) is 2. The molecule has 0 spiro atoms. The fraction of sp³-hybridized carbons (Fsp3) is 0.745. The second-order valence-corrected chi connectivity index (χ2v) is 17.2. The maximum atomic E-state index is 12.2. The van der Waals surface area contributed by atoms with Crippen LogP contribution in [-0.2, 0) is 57.4 Å². The molecule has 0 rings (SSSR count). The number of aldehydes is 1. The van der Waals surface area contributed by atoms with Crippen molar-refractivity contribution >= 4 is 69.3 Å². The molecule has 23 nitrogen and oxygen atoms in total. The van der Waals surface area contributed by atoms with Gasteiger partial charge in [0.2, 0.25) is 18.2 Å². The topological polar surface area (TPSA) is 344 Å². The molecule has 25 heteroatoms. The summed E-state index contributed by atoms with van der Waals surface area (Å²) >= 11 is -0.866. The summed E-state index contributed by atoms with van der Waals surface area (Å²) in [6, 6.07) is -0.575. The van der Waals surface area contributed by atoms with Crippen LogP contribution in [0, 0.1) is 0 Å². The van der Waals surface area contributed by atoms with Crippen LogP contribution in [0.1, 0.15) is 153 Å². The first kappa shape index (κ1) is 84.9. The van der Waals surface area contributed by atoms with E-state index in [2.05, 4.69) is 70.0 Å². The number of ketones is 2. The normalized spacial score (nSPS) is 10.5. The third-order valence-corrected chi connectivity index (χ3v) is 8.97. The number of carboxylic acid groups (broad SMARTS) is 2. The monoisotopic (exact) mass is 1160 g/mol. The number of carbonyl (C=O) groups excluding carboxylic acids is 7. The number of ether oxygens (including phenoxy) is 3. The maximum absolute atomic E-state index is 12.2. The van der Waals surface area contributed by atoms with E-state index in [1.807, 2.05) is 34.6 Å². The molecule has 0 saturated carbocycles. The second-order valence-electron chi connectivity index (χ2n) is 15.9. The van der Waals surface area contributed by atoms with Crippen molar-refractivity contribution in [3.05, 3.63) is 24.2 Å². The fourth-order valence-corrected chi connectivity index (χ4v) is 5.44. The number of carbonyl (C=O) groups is 9. The summed E-state index contributed by atoms with van der Waals surface area (Å²) in [6.45, 7) is 26.8. The number of nitrogens with one attached hydrogen (secondary N) is 8. The molecule has 0 radical (unpaired) electrons. The van der Waals surface area contributed by atoms with Crippen molar-refractivity contribution in [1.29, 1.82) is 0 Å². The zero-order chi connectivity index (χ0) is 59.6. The Morgan fingerprint density at radius 3 is 1.79 bits per heavy atom. The van der Waals surface area contributed by atoms with Crippen LogP contribution in [0.15, 0.2) is 24.2 Å². The molecule has 0 aliphatic rings. The smallest absolute Gasteiger partial charge is 0.481 e. The Balaban J connectivity index is -0.000000168. The van der Waals surface area contributed by atoms with Crippen molar-refractivity contribution < 1.29 is 71.1 Å². The van der Waals surface area contributed by atoms with Crippen molar-refractivity contribution in [2.75, 3.05) is 79.4 Å². The molecular weight excluding hydrogens is 1060 g/mol. The first-order chi connectivity index (χ1) is 36.2. The number of halogens is 1. The predicted octanol–water partition coefficient (Wildman–Crippen LogP) is 3.79. The van der Waals surface area contributed by atoms with Crippen LogP contribution in [0.3, 0.4) is 0 Å². The van der Waals surface area contributed by atoms with Crippen LogP contribution in [0.5, 0.6) is 0 Å². The van der Waals surface area contributed by atoms with Crippen molar-refractivity contribution in [3.8, 4) is 0 Å². The number of hydrogen-bond donors (Lipinski definition) is 11. The van der Waals surface area contributed by atoms with Gasteiger partial charge in [-0.25, -0.2) is 0 Å². The molecule has 0 saturated heterocycles. The molecule has 2 atom stereocenters. The zero-order valence-corrected chi connectivity index (χ0v) is 49.6. The number of hydrazine groups is 1. The van der Waals surface area contributed by atoms with Crippen molar-refractivity contribution in [1.82, 2.24) is 42.6 Å². The summed E-state index contributed by atoms with van der Waals surface area (Å²) < 4.78 is 27.7. The number of carboxylic acids is 2. The van der Waals surface area contributed by atoms with Crippen molar-refractivity contribution in [2.24, 2.45) is 5.84 Å². The van der Waals surface area contributed by atoms with Gasteiger partial charge in [0, 0.05) is 52.0 Å². The number of allylic oxidation sites excluding steroid dienone is 1. The van der Waals surface area contributed by atoms with E-state index in [1.165, 1.54) is 26.0 Å². The average molecular weight is 1160 g/mol. The Hall–Kier alpha value is -5.04. The number of unbranched alkanes of at least 4 members (excludes halogenated alkanes) is 2. The minimum Gasteiger partial charge on any atom is -0.481 e. The van der Waals surface area contributed by atoms with Gasteiger partial charge in [-0.15, -0.1) is 0 Å². The molecule has 0 aliphatic carbocycles. The van der Waals surface area contributed by atoms with Crippen LogP contribution in [-0.4, -0.2) is 171 Å². The van der Waals surface area contributed by atoms with Crippen LogP contribution in [0.4, 0.5) is 3.55 Å². The van der Waals surface area contributed by atoms with Crippen LogP contribution in [0.25, 0.3) is 0 Å². The standard InChI is InChI=1S/C18H32FN5O3Se.C10H20N2O4.C8H16N2O2.C8H16O3.C3H8.C2H4O2.C2H6/c1-3-5-17(26)8-7-16(13-25)24-14(2)10-22-18(27)12-21-15(11-23-20)6-4-9-28-19;1-2-4-15-6-7-16-5-3-12-10(14)8-11-9-13;1-6(4-7(2)11)10-8(12)5-9-3;1-2-3-4-6-11-7-5-8(9)10;1-3-2;1-2(3)4;1-2/h11,13,16,21,23-24H,2-10,12,20H2,1H3,(H,22,27);9H,2-8H2,1H3,(H,11,13)(H,12,14);6,9H,4-5H2,1-3H3,(H,10,12);2-7H2,1H3,(H,9,10);3H2,1-2H3;1H3,(H,3,4);1-2H3/b15-11-;;;;;;. The zero-order valence-electron chi connectivity index (χ0n) is 47.9. The third kappa shape index (κ3) is 88.6. The van der Waals surface area contributed by atoms with E-state index in [4.69, 9.17) is 35.1 Å². The molecule has 0 aromatic carbocycles. The molecule has 0 aliphatic heterocycles. The SMILES string of the molecule is C=C(CNC(=O)CN/C(=C\NN)CCC[Se]F)NC(C=O)CCC(=O)CCC.CC.CC(=O)O.CCC.CCCCCOCCC(=O)O.CCCOCCOCCNC(=O)CNC=O.CNCC(=O)NC(C)CC(C)=O. The third-order valence-electron chi connectivity index (χ3n) is 8.04.